The zero-order chi connectivity index (χ0) is 16.7. The third kappa shape index (κ3) is 2.20. The Kier molecular flexibility index (Phi) is 3.39. The van der Waals surface area contributed by atoms with Gasteiger partial charge < -0.3 is 4.90 Å². The summed E-state index contributed by atoms with van der Waals surface area (Å²) < 4.78 is 0. The Bertz CT molecular complexity index is 819. The van der Waals surface area contributed by atoms with E-state index < -0.39 is 11.3 Å². The van der Waals surface area contributed by atoms with E-state index in [4.69, 9.17) is 5.21 Å². The van der Waals surface area contributed by atoms with Gasteiger partial charge in [-0.2, -0.15) is 0 Å². The molecule has 2 aromatic carbocycles. The van der Waals surface area contributed by atoms with Crippen molar-refractivity contribution in [3.05, 3.63) is 65.2 Å². The molecule has 1 aliphatic carbocycles. The van der Waals surface area contributed by atoms with Gasteiger partial charge in [0.25, 0.3) is 5.91 Å². The van der Waals surface area contributed by atoms with Crippen molar-refractivity contribution >= 4 is 17.5 Å². The molecule has 1 fully saturated rings. The predicted octanol–water partition coefficient (Wildman–Crippen LogP) is 2.33. The highest BCUT2D eigenvalue weighted by Crippen LogP contribution is 2.46. The summed E-state index contributed by atoms with van der Waals surface area (Å²) in [6, 6.07) is 15.1. The Labute approximate surface area is 139 Å². The van der Waals surface area contributed by atoms with Crippen LogP contribution in [0.25, 0.3) is 0 Å². The van der Waals surface area contributed by atoms with Crippen molar-refractivity contribution in [3.8, 4) is 0 Å². The van der Waals surface area contributed by atoms with Gasteiger partial charge in [-0.3, -0.25) is 14.8 Å². The lowest BCUT2D eigenvalue weighted by Gasteiger charge is -2.22. The Balaban J connectivity index is 1.62. The number of nitrogens with zero attached hydrogens (tertiary/aromatic N) is 1. The van der Waals surface area contributed by atoms with Gasteiger partial charge in [0.1, 0.15) is 0 Å². The fraction of sp³-hybridized carbons (Fsp3) is 0.263. The lowest BCUT2D eigenvalue weighted by atomic mass is 9.83. The van der Waals surface area contributed by atoms with E-state index in [1.807, 2.05) is 41.3 Å². The van der Waals surface area contributed by atoms with Crippen molar-refractivity contribution in [3.63, 3.8) is 0 Å². The van der Waals surface area contributed by atoms with Crippen LogP contribution in [-0.4, -0.2) is 23.6 Å². The number of carbonyl (C=O) groups excluding carboxylic acids is 2. The van der Waals surface area contributed by atoms with E-state index in [0.29, 0.717) is 18.4 Å². The Hall–Kier alpha value is -2.66. The van der Waals surface area contributed by atoms with E-state index in [1.54, 1.807) is 17.6 Å². The minimum absolute atomic E-state index is 0.165. The highest BCUT2D eigenvalue weighted by Gasteiger charge is 2.50. The second kappa shape index (κ2) is 5.46. The fourth-order valence-electron chi connectivity index (χ4n) is 3.96. The molecule has 122 valence electrons. The molecule has 0 radical (unpaired) electrons. The highest BCUT2D eigenvalue weighted by atomic mass is 16.5. The molecular formula is C19H18N2O3. The summed E-state index contributed by atoms with van der Waals surface area (Å²) in [6.45, 7) is 0.723. The molecule has 5 nitrogen and oxygen atoms in total. The highest BCUT2D eigenvalue weighted by molar-refractivity contribution is 6.01. The van der Waals surface area contributed by atoms with Crippen LogP contribution in [0.2, 0.25) is 0 Å². The van der Waals surface area contributed by atoms with Crippen LogP contribution in [0, 0.1) is 5.41 Å². The monoisotopic (exact) mass is 322 g/mol. The number of anilines is 1. The van der Waals surface area contributed by atoms with Crippen LogP contribution in [0.5, 0.6) is 0 Å². The lowest BCUT2D eigenvalue weighted by Crippen LogP contribution is -2.35. The summed E-state index contributed by atoms with van der Waals surface area (Å²) >= 11 is 0. The number of nitrogens with one attached hydrogen (secondary N) is 1. The maximum atomic E-state index is 13.1. The number of hydrogen-bond acceptors (Lipinski definition) is 3. The predicted molar refractivity (Wildman–Crippen MR) is 88.9 cm³/mol. The molecule has 2 aliphatic rings. The maximum absolute atomic E-state index is 13.1. The molecule has 1 heterocycles. The summed E-state index contributed by atoms with van der Waals surface area (Å²) in [5.41, 5.74) is 4.76. The van der Waals surface area contributed by atoms with Crippen molar-refractivity contribution in [1.29, 1.82) is 0 Å². The number of amides is 2. The molecule has 0 aromatic heterocycles. The lowest BCUT2D eigenvalue weighted by molar-refractivity contribution is -0.125. The maximum Gasteiger partial charge on any atom is 0.274 e. The Morgan fingerprint density at radius 3 is 2.58 bits per heavy atom. The second-order valence-electron chi connectivity index (χ2n) is 6.60. The van der Waals surface area contributed by atoms with Crippen LogP contribution in [0.1, 0.15) is 27.9 Å². The zero-order valence-electron chi connectivity index (χ0n) is 13.2. The first-order valence-corrected chi connectivity index (χ1v) is 8.06. The number of carbonyl (C=O) groups is 2. The van der Waals surface area contributed by atoms with Gasteiger partial charge >= 0.3 is 0 Å². The van der Waals surface area contributed by atoms with Crippen molar-refractivity contribution in [1.82, 2.24) is 5.48 Å². The molecule has 0 saturated carbocycles. The second-order valence-corrected chi connectivity index (χ2v) is 6.60. The quantitative estimate of drug-likeness (QED) is 0.658. The zero-order valence-corrected chi connectivity index (χ0v) is 13.2. The normalized spacial score (nSPS) is 22.0. The van der Waals surface area contributed by atoms with Crippen LogP contribution < -0.4 is 10.4 Å². The van der Waals surface area contributed by atoms with Gasteiger partial charge in [0.05, 0.1) is 5.41 Å². The number of benzene rings is 2. The van der Waals surface area contributed by atoms with E-state index in [9.17, 15) is 9.59 Å². The van der Waals surface area contributed by atoms with Gasteiger partial charge in [0.2, 0.25) is 5.91 Å². The van der Waals surface area contributed by atoms with E-state index in [1.165, 1.54) is 0 Å². The van der Waals surface area contributed by atoms with Crippen molar-refractivity contribution < 1.29 is 14.8 Å². The molecule has 1 spiro atoms. The van der Waals surface area contributed by atoms with Gasteiger partial charge in [0, 0.05) is 17.8 Å². The molecule has 2 aromatic rings. The van der Waals surface area contributed by atoms with E-state index in [-0.39, 0.29) is 5.91 Å². The molecule has 0 bridgehead atoms. The molecule has 2 amide bonds. The van der Waals surface area contributed by atoms with E-state index >= 15 is 0 Å². The van der Waals surface area contributed by atoms with Crippen molar-refractivity contribution in [2.45, 2.75) is 19.3 Å². The summed E-state index contributed by atoms with van der Waals surface area (Å²) in [4.78, 5) is 26.5. The van der Waals surface area contributed by atoms with Gasteiger partial charge in [-0.15, -0.1) is 0 Å². The Morgan fingerprint density at radius 1 is 1.08 bits per heavy atom. The molecule has 1 aliphatic heterocycles. The molecule has 2 N–H and O–H groups in total. The van der Waals surface area contributed by atoms with Crippen LogP contribution in [0.3, 0.4) is 0 Å². The fourth-order valence-corrected chi connectivity index (χ4v) is 3.96. The standard InChI is InChI=1S/C19H18N2O3/c22-17(20-24)13-6-7-14-11-19(12-15(14)10-13)8-9-21(18(19)23)16-4-2-1-3-5-16/h1-7,10,24H,8-9,11-12H2,(H,20,22)/t19-/m0/s1. The molecule has 1 atom stereocenters. The molecular weight excluding hydrogens is 304 g/mol. The van der Waals surface area contributed by atoms with Gasteiger partial charge in [-0.25, -0.2) is 5.48 Å². The summed E-state index contributed by atoms with van der Waals surface area (Å²) in [5.74, 6) is -0.361. The first kappa shape index (κ1) is 14.9. The average Bonchev–Trinajstić information content (AvgIpc) is 3.15. The minimum Gasteiger partial charge on any atom is -0.312 e. The largest absolute Gasteiger partial charge is 0.312 e. The topological polar surface area (TPSA) is 69.6 Å². The summed E-state index contributed by atoms with van der Waals surface area (Å²) in [5, 5.41) is 8.78. The molecule has 0 unspecified atom stereocenters. The third-order valence-corrected chi connectivity index (χ3v) is 5.21. The third-order valence-electron chi connectivity index (χ3n) is 5.21. The van der Waals surface area contributed by atoms with E-state index in [0.717, 1.165) is 29.8 Å². The van der Waals surface area contributed by atoms with Crippen LogP contribution >= 0.6 is 0 Å². The molecule has 1 saturated heterocycles. The number of rotatable bonds is 2. The van der Waals surface area contributed by atoms with Gasteiger partial charge in [-0.05, 0) is 54.7 Å². The first-order chi connectivity index (χ1) is 11.6. The summed E-state index contributed by atoms with van der Waals surface area (Å²) in [7, 11) is 0. The summed E-state index contributed by atoms with van der Waals surface area (Å²) in [6.07, 6.45) is 2.18. The number of para-hydroxylation sites is 1. The number of fused-ring (bicyclic) bond motifs is 1. The van der Waals surface area contributed by atoms with E-state index in [2.05, 4.69) is 0 Å². The van der Waals surface area contributed by atoms with Crippen LogP contribution in [0.15, 0.2) is 48.5 Å². The van der Waals surface area contributed by atoms with Crippen molar-refractivity contribution in [2.75, 3.05) is 11.4 Å². The molecule has 4 rings (SSSR count). The average molecular weight is 322 g/mol. The smallest absolute Gasteiger partial charge is 0.274 e. The van der Waals surface area contributed by atoms with Crippen LogP contribution in [-0.2, 0) is 17.6 Å². The first-order valence-electron chi connectivity index (χ1n) is 8.06. The molecule has 5 heteroatoms. The van der Waals surface area contributed by atoms with Gasteiger partial charge in [0.15, 0.2) is 0 Å². The number of hydrogen-bond donors (Lipinski definition) is 2. The van der Waals surface area contributed by atoms with Gasteiger partial charge in [-0.1, -0.05) is 24.3 Å². The van der Waals surface area contributed by atoms with Crippen molar-refractivity contribution in [2.24, 2.45) is 5.41 Å². The SMILES string of the molecule is O=C(NO)c1ccc2c(c1)C[C@]1(CCN(c3ccccc3)C1=O)C2. The Morgan fingerprint density at radius 2 is 1.83 bits per heavy atom. The minimum atomic E-state index is -0.526. The molecule has 24 heavy (non-hydrogen) atoms. The van der Waals surface area contributed by atoms with Crippen LogP contribution in [0.4, 0.5) is 5.69 Å². The number of hydroxylamine groups is 1.